The number of likely N-dealkylation sites (tertiary alicyclic amines) is 1. The van der Waals surface area contributed by atoms with Crippen molar-refractivity contribution in [1.29, 1.82) is 0 Å². The quantitative estimate of drug-likeness (QED) is 0.395. The molecule has 0 aromatic heterocycles. The Labute approximate surface area is 206 Å². The second-order valence-electron chi connectivity index (χ2n) is 8.18. The fourth-order valence-corrected chi connectivity index (χ4v) is 5.06. The fraction of sp³-hybridized carbons (Fsp3) is 0.500. The molecule has 0 saturated carbocycles. The standard InChI is InChI=1S/C22H26F3N3O7S/c23-22(24,25)19(29)7-10-27-8-5-16(6-9-27)21(31)35-15-20(30)26-17-1-3-18(4-2-17)36(32,33)28-11-13-34-14-12-28/h1-4,7,10,16H,5-6,8-9,11-15H2,(H,26,30). The average molecular weight is 534 g/mol. The van der Waals surface area contributed by atoms with E-state index in [9.17, 15) is 36.0 Å². The zero-order valence-electron chi connectivity index (χ0n) is 19.2. The minimum Gasteiger partial charge on any atom is -0.455 e. The molecule has 2 heterocycles. The van der Waals surface area contributed by atoms with Crippen molar-refractivity contribution in [2.45, 2.75) is 23.9 Å². The molecule has 198 valence electrons. The molecule has 0 spiro atoms. The molecule has 2 aliphatic heterocycles. The number of sulfonamides is 1. The molecule has 0 atom stereocenters. The number of morpholine rings is 1. The van der Waals surface area contributed by atoms with Crippen molar-refractivity contribution >= 4 is 33.4 Å². The predicted molar refractivity (Wildman–Crippen MR) is 120 cm³/mol. The first kappa shape index (κ1) is 27.6. The molecule has 0 radical (unpaired) electrons. The molecule has 0 aliphatic carbocycles. The summed E-state index contributed by atoms with van der Waals surface area (Å²) in [5.41, 5.74) is 0.325. The number of amides is 1. The maximum atomic E-state index is 12.6. The topological polar surface area (TPSA) is 122 Å². The van der Waals surface area contributed by atoms with Crippen molar-refractivity contribution < 1.29 is 45.4 Å². The number of esters is 1. The molecule has 2 fully saturated rings. The van der Waals surface area contributed by atoms with Crippen molar-refractivity contribution in [2.75, 3.05) is 51.3 Å². The number of piperidine rings is 1. The Morgan fingerprint density at radius 2 is 1.67 bits per heavy atom. The van der Waals surface area contributed by atoms with Gasteiger partial charge in [-0.05, 0) is 37.1 Å². The number of nitrogens with one attached hydrogen (secondary N) is 1. The highest BCUT2D eigenvalue weighted by Crippen LogP contribution is 2.21. The number of alkyl halides is 3. The number of rotatable bonds is 8. The van der Waals surface area contributed by atoms with Gasteiger partial charge in [0, 0.05) is 44.1 Å². The monoisotopic (exact) mass is 533 g/mol. The first-order valence-corrected chi connectivity index (χ1v) is 12.6. The van der Waals surface area contributed by atoms with E-state index in [0.717, 1.165) is 6.20 Å². The van der Waals surface area contributed by atoms with Gasteiger partial charge in [-0.2, -0.15) is 17.5 Å². The third kappa shape index (κ3) is 7.51. The van der Waals surface area contributed by atoms with Crippen molar-refractivity contribution in [3.8, 4) is 0 Å². The average Bonchev–Trinajstić information content (AvgIpc) is 2.86. The van der Waals surface area contributed by atoms with E-state index in [0.29, 0.717) is 37.8 Å². The Morgan fingerprint density at radius 1 is 1.06 bits per heavy atom. The van der Waals surface area contributed by atoms with Crippen LogP contribution in [0.1, 0.15) is 12.8 Å². The Kier molecular flexibility index (Phi) is 9.08. The number of anilines is 1. The second-order valence-corrected chi connectivity index (χ2v) is 10.1. The van der Waals surface area contributed by atoms with Gasteiger partial charge >= 0.3 is 12.1 Å². The Bertz CT molecular complexity index is 1080. The van der Waals surface area contributed by atoms with Crippen LogP contribution in [0.2, 0.25) is 0 Å². The molecule has 36 heavy (non-hydrogen) atoms. The van der Waals surface area contributed by atoms with Gasteiger partial charge in [0.2, 0.25) is 10.0 Å². The van der Waals surface area contributed by atoms with Crippen LogP contribution in [0.25, 0.3) is 0 Å². The summed E-state index contributed by atoms with van der Waals surface area (Å²) in [4.78, 5) is 36.9. The highest BCUT2D eigenvalue weighted by Gasteiger charge is 2.36. The van der Waals surface area contributed by atoms with Crippen LogP contribution < -0.4 is 5.32 Å². The maximum absolute atomic E-state index is 12.6. The van der Waals surface area contributed by atoms with E-state index in [-0.39, 0.29) is 31.1 Å². The predicted octanol–water partition coefficient (Wildman–Crippen LogP) is 1.55. The fourth-order valence-electron chi connectivity index (χ4n) is 3.65. The van der Waals surface area contributed by atoms with Gasteiger partial charge in [-0.25, -0.2) is 8.42 Å². The van der Waals surface area contributed by atoms with Crippen molar-refractivity contribution in [3.63, 3.8) is 0 Å². The van der Waals surface area contributed by atoms with Gasteiger partial charge in [0.25, 0.3) is 11.7 Å². The number of carbonyl (C=O) groups is 3. The summed E-state index contributed by atoms with van der Waals surface area (Å²) in [7, 11) is -3.66. The van der Waals surface area contributed by atoms with Crippen LogP contribution in [0.15, 0.2) is 41.4 Å². The smallest absolute Gasteiger partial charge is 0.454 e. The summed E-state index contributed by atoms with van der Waals surface area (Å²) < 4.78 is 73.6. The molecule has 2 saturated heterocycles. The summed E-state index contributed by atoms with van der Waals surface area (Å²) in [6, 6.07) is 5.60. The van der Waals surface area contributed by atoms with Crippen LogP contribution in [0.5, 0.6) is 0 Å². The molecule has 1 N–H and O–H groups in total. The lowest BCUT2D eigenvalue weighted by atomic mass is 9.97. The van der Waals surface area contributed by atoms with Gasteiger partial charge in [-0.15, -0.1) is 0 Å². The number of allylic oxidation sites excluding steroid dienone is 1. The summed E-state index contributed by atoms with van der Waals surface area (Å²) in [6.45, 7) is 1.14. The van der Waals surface area contributed by atoms with Gasteiger partial charge in [0.05, 0.1) is 24.0 Å². The van der Waals surface area contributed by atoms with Gasteiger partial charge in [-0.3, -0.25) is 14.4 Å². The molecule has 14 heteroatoms. The van der Waals surface area contributed by atoms with Crippen LogP contribution in [0.3, 0.4) is 0 Å². The third-order valence-electron chi connectivity index (χ3n) is 5.67. The van der Waals surface area contributed by atoms with Crippen LogP contribution in [0.4, 0.5) is 18.9 Å². The molecular formula is C22H26F3N3O7S. The number of benzene rings is 1. The van der Waals surface area contributed by atoms with Crippen molar-refractivity contribution in [2.24, 2.45) is 5.92 Å². The minimum absolute atomic E-state index is 0.0813. The lowest BCUT2D eigenvalue weighted by Gasteiger charge is -2.29. The van der Waals surface area contributed by atoms with E-state index in [1.807, 2.05) is 0 Å². The number of halogens is 3. The molecule has 2 aliphatic rings. The minimum atomic E-state index is -4.93. The Hall–Kier alpha value is -2.97. The highest BCUT2D eigenvalue weighted by atomic mass is 32.2. The number of hydrogen-bond acceptors (Lipinski definition) is 8. The van der Waals surface area contributed by atoms with Crippen LogP contribution >= 0.6 is 0 Å². The summed E-state index contributed by atoms with van der Waals surface area (Å²) in [5, 5.41) is 2.52. The third-order valence-corrected chi connectivity index (χ3v) is 7.58. The second kappa shape index (κ2) is 11.8. The zero-order chi connectivity index (χ0) is 26.3. The van der Waals surface area contributed by atoms with Crippen LogP contribution in [0, 0.1) is 5.92 Å². The number of ketones is 1. The zero-order valence-corrected chi connectivity index (χ0v) is 20.0. The van der Waals surface area contributed by atoms with Crippen LogP contribution in [-0.4, -0.2) is 87.5 Å². The molecule has 1 aromatic carbocycles. The first-order valence-electron chi connectivity index (χ1n) is 11.1. The van der Waals surface area contributed by atoms with Gasteiger partial charge in [-0.1, -0.05) is 0 Å². The number of hydrogen-bond donors (Lipinski definition) is 1. The van der Waals surface area contributed by atoms with E-state index in [2.05, 4.69) is 5.32 Å². The SMILES string of the molecule is O=C(COC(=O)C1CCN(C=CC(=O)C(F)(F)F)CC1)Nc1ccc(S(=O)(=O)N2CCOCC2)cc1. The Balaban J connectivity index is 1.41. The molecule has 3 rings (SSSR count). The van der Waals surface area contributed by atoms with Gasteiger partial charge in [0.15, 0.2) is 6.61 Å². The molecule has 0 unspecified atom stereocenters. The molecular weight excluding hydrogens is 507 g/mol. The lowest BCUT2D eigenvalue weighted by Crippen LogP contribution is -2.40. The van der Waals surface area contributed by atoms with Gasteiger partial charge < -0.3 is 19.7 Å². The van der Waals surface area contributed by atoms with Crippen LogP contribution in [-0.2, 0) is 33.9 Å². The number of carbonyl (C=O) groups excluding carboxylic acids is 3. The highest BCUT2D eigenvalue weighted by molar-refractivity contribution is 7.89. The summed E-state index contributed by atoms with van der Waals surface area (Å²) in [5.74, 6) is -3.70. The maximum Gasteiger partial charge on any atom is 0.454 e. The summed E-state index contributed by atoms with van der Waals surface area (Å²) in [6.07, 6.45) is -2.83. The first-order chi connectivity index (χ1) is 17.0. The molecule has 0 bridgehead atoms. The van der Waals surface area contributed by atoms with Gasteiger partial charge in [0.1, 0.15) is 0 Å². The normalized spacial score (nSPS) is 18.2. The van der Waals surface area contributed by atoms with E-state index in [4.69, 9.17) is 9.47 Å². The van der Waals surface area contributed by atoms with Crippen molar-refractivity contribution in [3.05, 3.63) is 36.5 Å². The van der Waals surface area contributed by atoms with E-state index in [1.165, 1.54) is 33.5 Å². The molecule has 1 amide bonds. The lowest BCUT2D eigenvalue weighted by molar-refractivity contribution is -0.165. The molecule has 10 nitrogen and oxygen atoms in total. The Morgan fingerprint density at radius 3 is 2.25 bits per heavy atom. The van der Waals surface area contributed by atoms with Crippen molar-refractivity contribution in [1.82, 2.24) is 9.21 Å². The molecule has 1 aromatic rings. The van der Waals surface area contributed by atoms with E-state index in [1.54, 1.807) is 0 Å². The number of ether oxygens (including phenoxy) is 2. The van der Waals surface area contributed by atoms with E-state index < -0.39 is 46.4 Å². The number of nitrogens with zero attached hydrogens (tertiary/aromatic N) is 2. The largest absolute Gasteiger partial charge is 0.455 e. The summed E-state index contributed by atoms with van der Waals surface area (Å²) >= 11 is 0. The van der Waals surface area contributed by atoms with E-state index >= 15 is 0 Å².